The van der Waals surface area contributed by atoms with E-state index in [0.29, 0.717) is 0 Å². The van der Waals surface area contributed by atoms with Gasteiger partial charge in [-0.3, -0.25) is 0 Å². The van der Waals surface area contributed by atoms with Crippen molar-refractivity contribution in [2.24, 2.45) is 0 Å². The number of nitrogens with zero attached hydrogens (tertiary/aromatic N) is 1. The summed E-state index contributed by atoms with van der Waals surface area (Å²) in [5, 5.41) is 1.84. The summed E-state index contributed by atoms with van der Waals surface area (Å²) in [5.74, 6) is 0. The van der Waals surface area contributed by atoms with Crippen molar-refractivity contribution in [2.75, 3.05) is 0 Å². The highest BCUT2D eigenvalue weighted by Gasteiger charge is 1.98. The van der Waals surface area contributed by atoms with Gasteiger partial charge in [0.1, 0.15) is 0 Å². The molecule has 0 unspecified atom stereocenters. The maximum atomic E-state index is 5.79. The Morgan fingerprint density at radius 3 is 2.64 bits per heavy atom. The van der Waals surface area contributed by atoms with E-state index in [1.807, 2.05) is 25.1 Å². The van der Waals surface area contributed by atoms with Crippen molar-refractivity contribution >= 4 is 33.2 Å². The van der Waals surface area contributed by atoms with Gasteiger partial charge in [0, 0.05) is 5.02 Å². The minimum Gasteiger partial charge on any atom is -0.241 e. The van der Waals surface area contributed by atoms with Crippen LogP contribution in [0.3, 0.4) is 0 Å². The minimum atomic E-state index is 0.753. The Hall–Kier alpha value is -0.600. The lowest BCUT2D eigenvalue weighted by molar-refractivity contribution is 1.09. The van der Waals surface area contributed by atoms with Crippen molar-refractivity contribution in [3.63, 3.8) is 0 Å². The van der Waals surface area contributed by atoms with Crippen LogP contribution in [-0.4, -0.2) is 4.98 Å². The van der Waals surface area contributed by atoms with Gasteiger partial charge in [0.2, 0.25) is 0 Å². The molecule has 2 rings (SSSR count). The van der Waals surface area contributed by atoms with Gasteiger partial charge < -0.3 is 0 Å². The average molecular weight is 228 g/mol. The third kappa shape index (κ3) is 2.96. The molecule has 1 aromatic carbocycles. The van der Waals surface area contributed by atoms with E-state index in [1.54, 1.807) is 11.3 Å². The minimum absolute atomic E-state index is 0.753. The normalized spacial score (nSPS) is 9.71. The monoisotopic (exact) mass is 227 g/mol. The van der Waals surface area contributed by atoms with Crippen LogP contribution >= 0.6 is 22.9 Å². The molecule has 0 amide bonds. The van der Waals surface area contributed by atoms with Crippen LogP contribution in [0.4, 0.5) is 0 Å². The zero-order valence-corrected chi connectivity index (χ0v) is 10.2. The van der Waals surface area contributed by atoms with Crippen LogP contribution in [0.2, 0.25) is 5.02 Å². The van der Waals surface area contributed by atoms with E-state index in [1.165, 1.54) is 11.1 Å². The zero-order chi connectivity index (χ0) is 10.6. The molecule has 3 heteroatoms. The van der Waals surface area contributed by atoms with Crippen LogP contribution in [-0.2, 0) is 0 Å². The summed E-state index contributed by atoms with van der Waals surface area (Å²) in [7, 11) is 0. The first-order valence-corrected chi connectivity index (χ1v) is 5.89. The van der Waals surface area contributed by atoms with Gasteiger partial charge in [-0.1, -0.05) is 31.9 Å². The zero-order valence-electron chi connectivity index (χ0n) is 8.67. The largest absolute Gasteiger partial charge is 0.241 e. The van der Waals surface area contributed by atoms with Gasteiger partial charge in [-0.2, -0.15) is 0 Å². The number of halogens is 1. The second-order valence-electron chi connectivity index (χ2n) is 3.05. The lowest BCUT2D eigenvalue weighted by Gasteiger charge is -1.86. The summed E-state index contributed by atoms with van der Waals surface area (Å²) in [4.78, 5) is 4.31. The standard InChI is InChI=1S/C8H6ClNS.C3H8/c1-5-10-7-4-6(9)2-3-8(7)11-5;1-3-2/h2-4H,1H3;3H2,1-2H3. The van der Waals surface area contributed by atoms with Crippen molar-refractivity contribution in [3.8, 4) is 0 Å². The molecule has 0 fully saturated rings. The van der Waals surface area contributed by atoms with E-state index in [2.05, 4.69) is 18.8 Å². The van der Waals surface area contributed by atoms with Gasteiger partial charge in [0.05, 0.1) is 15.2 Å². The van der Waals surface area contributed by atoms with Gasteiger partial charge in [0.25, 0.3) is 0 Å². The first-order chi connectivity index (χ1) is 6.67. The first kappa shape index (κ1) is 11.5. The SMILES string of the molecule is CCC.Cc1nc2cc(Cl)ccc2s1. The van der Waals surface area contributed by atoms with Gasteiger partial charge in [0.15, 0.2) is 0 Å². The maximum Gasteiger partial charge on any atom is 0.0907 e. The van der Waals surface area contributed by atoms with Crippen LogP contribution < -0.4 is 0 Å². The molecular weight excluding hydrogens is 214 g/mol. The predicted octanol–water partition coefficient (Wildman–Crippen LogP) is 4.67. The van der Waals surface area contributed by atoms with E-state index in [9.17, 15) is 0 Å². The summed E-state index contributed by atoms with van der Waals surface area (Å²) < 4.78 is 1.20. The second-order valence-corrected chi connectivity index (χ2v) is 4.72. The van der Waals surface area contributed by atoms with Gasteiger partial charge in [-0.15, -0.1) is 11.3 Å². The fraction of sp³-hybridized carbons (Fsp3) is 0.364. The molecule has 1 aromatic heterocycles. The van der Waals surface area contributed by atoms with E-state index < -0.39 is 0 Å². The Balaban J connectivity index is 0.000000293. The molecule has 1 heterocycles. The predicted molar refractivity (Wildman–Crippen MR) is 65.3 cm³/mol. The summed E-state index contributed by atoms with van der Waals surface area (Å²) in [6, 6.07) is 5.78. The number of aryl methyl sites for hydroxylation is 1. The molecule has 1 nitrogen and oxygen atoms in total. The average Bonchev–Trinajstić information content (AvgIpc) is 2.45. The van der Waals surface area contributed by atoms with Crippen molar-refractivity contribution in [1.82, 2.24) is 4.98 Å². The van der Waals surface area contributed by atoms with Crippen molar-refractivity contribution in [3.05, 3.63) is 28.2 Å². The number of hydrogen-bond donors (Lipinski definition) is 0. The number of fused-ring (bicyclic) bond motifs is 1. The molecule has 0 bridgehead atoms. The topological polar surface area (TPSA) is 12.9 Å². The Kier molecular flexibility index (Phi) is 4.36. The van der Waals surface area contributed by atoms with Gasteiger partial charge >= 0.3 is 0 Å². The smallest absolute Gasteiger partial charge is 0.0907 e. The number of thiazole rings is 1. The molecule has 14 heavy (non-hydrogen) atoms. The van der Waals surface area contributed by atoms with Crippen LogP contribution in [0.1, 0.15) is 25.3 Å². The molecule has 0 spiro atoms. The molecule has 0 atom stereocenters. The number of hydrogen-bond acceptors (Lipinski definition) is 2. The summed E-state index contributed by atoms with van der Waals surface area (Å²) >= 11 is 7.48. The molecule has 0 N–H and O–H groups in total. The van der Waals surface area contributed by atoms with Crippen LogP contribution in [0.15, 0.2) is 18.2 Å². The Morgan fingerprint density at radius 1 is 1.36 bits per heavy atom. The van der Waals surface area contributed by atoms with Crippen LogP contribution in [0.25, 0.3) is 10.2 Å². The lowest BCUT2D eigenvalue weighted by Crippen LogP contribution is -1.67. The molecule has 0 radical (unpaired) electrons. The fourth-order valence-electron chi connectivity index (χ4n) is 1.02. The fourth-order valence-corrected chi connectivity index (χ4v) is 1.99. The molecular formula is C11H14ClNS. The lowest BCUT2D eigenvalue weighted by atomic mass is 10.3. The van der Waals surface area contributed by atoms with Crippen LogP contribution in [0.5, 0.6) is 0 Å². The molecule has 0 aliphatic heterocycles. The second kappa shape index (κ2) is 5.32. The molecule has 0 saturated heterocycles. The highest BCUT2D eigenvalue weighted by molar-refractivity contribution is 7.18. The van der Waals surface area contributed by atoms with E-state index in [-0.39, 0.29) is 0 Å². The number of rotatable bonds is 0. The highest BCUT2D eigenvalue weighted by atomic mass is 35.5. The molecule has 0 aliphatic rings. The van der Waals surface area contributed by atoms with Gasteiger partial charge in [-0.05, 0) is 25.1 Å². The summed E-state index contributed by atoms with van der Waals surface area (Å²) in [6.07, 6.45) is 1.25. The number of aromatic nitrogens is 1. The third-order valence-electron chi connectivity index (χ3n) is 1.46. The van der Waals surface area contributed by atoms with Gasteiger partial charge in [-0.25, -0.2) is 4.98 Å². The number of benzene rings is 1. The first-order valence-electron chi connectivity index (χ1n) is 4.70. The highest BCUT2D eigenvalue weighted by Crippen LogP contribution is 2.23. The molecule has 76 valence electrons. The van der Waals surface area contributed by atoms with E-state index in [0.717, 1.165) is 15.5 Å². The Morgan fingerprint density at radius 2 is 2.00 bits per heavy atom. The summed E-state index contributed by atoms with van der Waals surface area (Å²) in [6.45, 7) is 6.25. The molecule has 2 aromatic rings. The quantitative estimate of drug-likeness (QED) is 0.637. The Labute approximate surface area is 93.7 Å². The van der Waals surface area contributed by atoms with Crippen LogP contribution in [0, 0.1) is 6.92 Å². The molecule has 0 saturated carbocycles. The van der Waals surface area contributed by atoms with Crippen molar-refractivity contribution < 1.29 is 0 Å². The van der Waals surface area contributed by atoms with Crippen molar-refractivity contribution in [2.45, 2.75) is 27.2 Å². The van der Waals surface area contributed by atoms with E-state index >= 15 is 0 Å². The van der Waals surface area contributed by atoms with Crippen molar-refractivity contribution in [1.29, 1.82) is 0 Å². The Bertz CT molecular complexity index is 409. The third-order valence-corrected chi connectivity index (χ3v) is 2.64. The van der Waals surface area contributed by atoms with E-state index in [4.69, 9.17) is 11.6 Å². The molecule has 0 aliphatic carbocycles. The maximum absolute atomic E-state index is 5.79. The summed E-state index contributed by atoms with van der Waals surface area (Å²) in [5.41, 5.74) is 1.00.